The Hall–Kier alpha value is -1.92. The van der Waals surface area contributed by atoms with Gasteiger partial charge in [-0.25, -0.2) is 4.98 Å². The smallest absolute Gasteiger partial charge is 0.255 e. The monoisotopic (exact) mass is 384 g/mol. The number of nitrogens with one attached hydrogen (secondary N) is 1. The maximum Gasteiger partial charge on any atom is 0.255 e. The number of likely N-dealkylation sites (tertiary alicyclic amines) is 1. The number of carbonyl (C=O) groups is 1. The number of rotatable bonds is 6. The molecular weight excluding hydrogens is 352 g/mol. The lowest BCUT2D eigenvalue weighted by atomic mass is 9.86. The van der Waals surface area contributed by atoms with Crippen molar-refractivity contribution in [1.29, 1.82) is 0 Å². The highest BCUT2D eigenvalue weighted by Gasteiger charge is 2.43. The van der Waals surface area contributed by atoms with Crippen molar-refractivity contribution in [2.45, 2.75) is 57.1 Å². The number of aromatic nitrogens is 2. The first-order valence-electron chi connectivity index (χ1n) is 10.7. The number of para-hydroxylation sites is 2. The number of aromatic amines is 1. The predicted octanol–water partition coefficient (Wildman–Crippen LogP) is 2.93. The van der Waals surface area contributed by atoms with Crippen LogP contribution >= 0.6 is 0 Å². The first-order chi connectivity index (χ1) is 13.5. The number of imidazole rings is 1. The summed E-state index contributed by atoms with van der Waals surface area (Å²) < 4.78 is 0. The van der Waals surface area contributed by atoms with Crippen molar-refractivity contribution >= 4 is 16.9 Å². The quantitative estimate of drug-likeness (QED) is 0.803. The summed E-state index contributed by atoms with van der Waals surface area (Å²) in [6, 6.07) is 7.95. The summed E-state index contributed by atoms with van der Waals surface area (Å²) in [6.45, 7) is 2.51. The van der Waals surface area contributed by atoms with Gasteiger partial charge in [0.05, 0.1) is 17.6 Å². The number of nitrogens with zero attached hydrogens (tertiary/aromatic N) is 3. The minimum absolute atomic E-state index is 0.0826. The van der Waals surface area contributed by atoms with Crippen LogP contribution in [0.15, 0.2) is 24.3 Å². The Morgan fingerprint density at radius 3 is 2.82 bits per heavy atom. The van der Waals surface area contributed by atoms with E-state index in [9.17, 15) is 9.90 Å². The fourth-order valence-corrected chi connectivity index (χ4v) is 4.91. The molecule has 0 radical (unpaired) electrons. The van der Waals surface area contributed by atoms with Crippen molar-refractivity contribution in [3.05, 3.63) is 30.1 Å². The van der Waals surface area contributed by atoms with Crippen LogP contribution in [0.3, 0.4) is 0 Å². The second kappa shape index (κ2) is 8.21. The van der Waals surface area contributed by atoms with Crippen LogP contribution < -0.4 is 0 Å². The highest BCUT2D eigenvalue weighted by molar-refractivity contribution is 5.86. The lowest BCUT2D eigenvalue weighted by Gasteiger charge is -2.41. The Labute approximate surface area is 166 Å². The Bertz CT molecular complexity index is 781. The van der Waals surface area contributed by atoms with E-state index in [0.29, 0.717) is 25.4 Å². The van der Waals surface area contributed by atoms with Crippen LogP contribution in [0.25, 0.3) is 11.0 Å². The van der Waals surface area contributed by atoms with Crippen molar-refractivity contribution in [2.75, 3.05) is 26.7 Å². The van der Waals surface area contributed by atoms with Gasteiger partial charge in [0.1, 0.15) is 5.82 Å². The van der Waals surface area contributed by atoms with Crippen LogP contribution in [0.2, 0.25) is 0 Å². The van der Waals surface area contributed by atoms with E-state index in [0.717, 1.165) is 36.4 Å². The molecule has 1 saturated heterocycles. The van der Waals surface area contributed by atoms with E-state index in [2.05, 4.69) is 9.97 Å². The van der Waals surface area contributed by atoms with Gasteiger partial charge in [-0.3, -0.25) is 9.69 Å². The Morgan fingerprint density at radius 1 is 1.25 bits per heavy atom. The van der Waals surface area contributed by atoms with Crippen molar-refractivity contribution in [2.24, 2.45) is 5.92 Å². The summed E-state index contributed by atoms with van der Waals surface area (Å²) in [4.78, 5) is 24.9. The molecule has 1 amide bonds. The molecule has 1 aromatic carbocycles. The summed E-state index contributed by atoms with van der Waals surface area (Å²) in [5.41, 5.74) is 0.669. The fraction of sp³-hybridized carbons (Fsp3) is 0.636. The molecule has 1 saturated carbocycles. The number of carbonyl (C=O) groups excluding carboxylic acids is 1. The summed E-state index contributed by atoms with van der Waals surface area (Å²) in [5.74, 6) is 1.38. The van der Waals surface area contributed by atoms with Gasteiger partial charge in [-0.15, -0.1) is 0 Å². The van der Waals surface area contributed by atoms with E-state index in [1.807, 2.05) is 41.1 Å². The van der Waals surface area contributed by atoms with Gasteiger partial charge < -0.3 is 15.0 Å². The molecule has 4 rings (SSSR count). The second-order valence-electron chi connectivity index (χ2n) is 8.76. The van der Waals surface area contributed by atoms with E-state index in [-0.39, 0.29) is 5.91 Å². The number of aliphatic hydroxyl groups is 1. The lowest BCUT2D eigenvalue weighted by molar-refractivity contribution is -0.160. The summed E-state index contributed by atoms with van der Waals surface area (Å²) in [7, 11) is 1.94. The first kappa shape index (κ1) is 19.4. The first-order valence-corrected chi connectivity index (χ1v) is 10.7. The molecule has 2 aromatic rings. The normalized spacial score (nSPS) is 24.4. The Morgan fingerprint density at radius 2 is 2.04 bits per heavy atom. The van der Waals surface area contributed by atoms with Crippen molar-refractivity contribution in [3.63, 3.8) is 0 Å². The van der Waals surface area contributed by atoms with Crippen molar-refractivity contribution in [1.82, 2.24) is 19.8 Å². The van der Waals surface area contributed by atoms with Crippen LogP contribution in [-0.2, 0) is 11.3 Å². The number of H-pyrrole nitrogens is 1. The molecule has 1 aliphatic carbocycles. The Kier molecular flexibility index (Phi) is 5.69. The molecule has 0 bridgehead atoms. The van der Waals surface area contributed by atoms with Gasteiger partial charge in [-0.05, 0) is 50.8 Å². The topological polar surface area (TPSA) is 72.5 Å². The molecule has 0 spiro atoms. The number of hydrogen-bond acceptors (Lipinski definition) is 4. The molecule has 1 aromatic heterocycles. The molecule has 2 heterocycles. The van der Waals surface area contributed by atoms with Crippen molar-refractivity contribution < 1.29 is 9.90 Å². The van der Waals surface area contributed by atoms with E-state index in [1.54, 1.807) is 0 Å². The molecule has 6 heteroatoms. The molecule has 6 nitrogen and oxygen atoms in total. The van der Waals surface area contributed by atoms with Crippen LogP contribution in [0.1, 0.15) is 50.8 Å². The van der Waals surface area contributed by atoms with Gasteiger partial charge in [-0.2, -0.15) is 0 Å². The Balaban J connectivity index is 1.38. The zero-order chi connectivity index (χ0) is 19.6. The summed E-state index contributed by atoms with van der Waals surface area (Å²) in [5, 5.41) is 11.2. The number of hydrogen-bond donors (Lipinski definition) is 2. The molecule has 152 valence electrons. The van der Waals surface area contributed by atoms with Crippen LogP contribution in [0.5, 0.6) is 0 Å². The van der Waals surface area contributed by atoms with Gasteiger partial charge in [0.25, 0.3) is 5.91 Å². The molecule has 0 unspecified atom stereocenters. The number of fused-ring (bicyclic) bond motifs is 1. The van der Waals surface area contributed by atoms with Crippen LogP contribution in [-0.4, -0.2) is 63.1 Å². The van der Waals surface area contributed by atoms with Gasteiger partial charge in [0.15, 0.2) is 5.60 Å². The number of amides is 1. The SMILES string of the molecule is CN(Cc1nc2ccccc2[nH]1)C[C@@]1(O)CCCN(CC2CCCCC2)C1=O. The van der Waals surface area contributed by atoms with E-state index in [4.69, 9.17) is 0 Å². The third-order valence-corrected chi connectivity index (χ3v) is 6.30. The maximum absolute atomic E-state index is 13.1. The molecule has 2 N–H and O–H groups in total. The van der Waals surface area contributed by atoms with E-state index in [1.165, 1.54) is 32.1 Å². The maximum atomic E-state index is 13.1. The van der Waals surface area contributed by atoms with Gasteiger partial charge >= 0.3 is 0 Å². The number of likely N-dealkylation sites (N-methyl/N-ethyl adjacent to an activating group) is 1. The third-order valence-electron chi connectivity index (χ3n) is 6.30. The minimum Gasteiger partial charge on any atom is -0.379 e. The van der Waals surface area contributed by atoms with Crippen LogP contribution in [0, 0.1) is 5.92 Å². The fourth-order valence-electron chi connectivity index (χ4n) is 4.91. The molecule has 2 aliphatic rings. The average Bonchev–Trinajstić information content (AvgIpc) is 3.08. The largest absolute Gasteiger partial charge is 0.379 e. The number of benzene rings is 1. The average molecular weight is 385 g/mol. The van der Waals surface area contributed by atoms with Gasteiger partial charge in [0, 0.05) is 19.6 Å². The molecule has 1 atom stereocenters. The zero-order valence-electron chi connectivity index (χ0n) is 16.9. The summed E-state index contributed by atoms with van der Waals surface area (Å²) in [6.07, 6.45) is 7.71. The lowest BCUT2D eigenvalue weighted by Crippen LogP contribution is -2.58. The van der Waals surface area contributed by atoms with E-state index < -0.39 is 5.60 Å². The standard InChI is InChI=1S/C22H32N4O2/c1-25(15-20-23-18-10-5-6-11-19(18)24-20)16-22(28)12-7-13-26(21(22)27)14-17-8-3-2-4-9-17/h5-6,10-11,17,28H,2-4,7-9,12-16H2,1H3,(H,23,24)/t22-/m0/s1. The molecular formula is C22H32N4O2. The van der Waals surface area contributed by atoms with Gasteiger partial charge in [-0.1, -0.05) is 31.4 Å². The summed E-state index contributed by atoms with van der Waals surface area (Å²) >= 11 is 0. The predicted molar refractivity (Wildman–Crippen MR) is 110 cm³/mol. The van der Waals surface area contributed by atoms with E-state index >= 15 is 0 Å². The van der Waals surface area contributed by atoms with Crippen LogP contribution in [0.4, 0.5) is 0 Å². The molecule has 1 aliphatic heterocycles. The van der Waals surface area contributed by atoms with Crippen molar-refractivity contribution in [3.8, 4) is 0 Å². The third kappa shape index (κ3) is 4.23. The minimum atomic E-state index is -1.28. The second-order valence-corrected chi connectivity index (χ2v) is 8.76. The molecule has 28 heavy (non-hydrogen) atoms. The highest BCUT2D eigenvalue weighted by Crippen LogP contribution is 2.29. The molecule has 2 fully saturated rings. The number of piperidine rings is 1. The highest BCUT2D eigenvalue weighted by atomic mass is 16.3. The van der Waals surface area contributed by atoms with Gasteiger partial charge in [0.2, 0.25) is 0 Å². The zero-order valence-corrected chi connectivity index (χ0v) is 16.9.